The van der Waals surface area contributed by atoms with Gasteiger partial charge < -0.3 is 14.7 Å². The third-order valence-electron chi connectivity index (χ3n) is 5.74. The summed E-state index contributed by atoms with van der Waals surface area (Å²) >= 11 is 0. The van der Waals surface area contributed by atoms with Crippen molar-refractivity contribution in [3.8, 4) is 5.75 Å². The SMILES string of the molecule is CCCCCN1C(=O)C(=O)/C(=C(/O)c2cc(C)c(OC)cc2C)C1c1ccccc1F. The number of halogens is 1. The lowest BCUT2D eigenvalue weighted by molar-refractivity contribution is -0.139. The second-order valence-electron chi connectivity index (χ2n) is 7.86. The molecule has 0 aliphatic carbocycles. The number of amides is 1. The fraction of sp³-hybridized carbons (Fsp3) is 0.360. The van der Waals surface area contributed by atoms with Crippen LogP contribution < -0.4 is 4.74 Å². The maximum Gasteiger partial charge on any atom is 0.295 e. The number of methoxy groups -OCH3 is 1. The summed E-state index contributed by atoms with van der Waals surface area (Å²) in [5, 5.41) is 11.2. The molecule has 1 heterocycles. The molecule has 1 aliphatic rings. The lowest BCUT2D eigenvalue weighted by atomic mass is 9.92. The van der Waals surface area contributed by atoms with Crippen molar-refractivity contribution in [3.05, 3.63) is 70.0 Å². The van der Waals surface area contributed by atoms with Gasteiger partial charge in [0.1, 0.15) is 17.3 Å². The van der Waals surface area contributed by atoms with Crippen molar-refractivity contribution < 1.29 is 23.8 Å². The number of hydrogen-bond donors (Lipinski definition) is 1. The maximum absolute atomic E-state index is 14.8. The van der Waals surface area contributed by atoms with Crippen LogP contribution in [0.4, 0.5) is 4.39 Å². The summed E-state index contributed by atoms with van der Waals surface area (Å²) < 4.78 is 20.1. The molecule has 1 atom stereocenters. The van der Waals surface area contributed by atoms with Crippen molar-refractivity contribution in [1.82, 2.24) is 4.90 Å². The van der Waals surface area contributed by atoms with E-state index in [0.717, 1.165) is 18.4 Å². The molecule has 164 valence electrons. The predicted molar refractivity (Wildman–Crippen MR) is 117 cm³/mol. The normalized spacial score (nSPS) is 18.0. The van der Waals surface area contributed by atoms with Gasteiger partial charge in [-0.25, -0.2) is 4.39 Å². The maximum atomic E-state index is 14.8. The van der Waals surface area contributed by atoms with Gasteiger partial charge in [0.2, 0.25) is 0 Å². The Morgan fingerprint density at radius 2 is 1.84 bits per heavy atom. The number of Topliss-reactive ketones (excluding diaryl/α,β-unsaturated/α-hetero) is 1. The zero-order chi connectivity index (χ0) is 22.7. The summed E-state index contributed by atoms with van der Waals surface area (Å²) in [5.74, 6) is -1.68. The van der Waals surface area contributed by atoms with Crippen LogP contribution in [0.1, 0.15) is 54.5 Å². The van der Waals surface area contributed by atoms with Gasteiger partial charge >= 0.3 is 0 Å². The van der Waals surface area contributed by atoms with Crippen LogP contribution in [-0.4, -0.2) is 35.4 Å². The summed E-state index contributed by atoms with van der Waals surface area (Å²) in [5.41, 5.74) is 1.99. The van der Waals surface area contributed by atoms with Crippen molar-refractivity contribution in [2.75, 3.05) is 13.7 Å². The second-order valence-corrected chi connectivity index (χ2v) is 7.86. The molecule has 1 fully saturated rings. The zero-order valence-electron chi connectivity index (χ0n) is 18.4. The molecule has 1 saturated heterocycles. The number of ketones is 1. The van der Waals surface area contributed by atoms with Crippen LogP contribution in [0.2, 0.25) is 0 Å². The summed E-state index contributed by atoms with van der Waals surface area (Å²) in [6.07, 6.45) is 2.51. The minimum absolute atomic E-state index is 0.0840. The van der Waals surface area contributed by atoms with Crippen molar-refractivity contribution in [1.29, 1.82) is 0 Å². The number of aryl methyl sites for hydroxylation is 2. The van der Waals surface area contributed by atoms with Gasteiger partial charge in [0.15, 0.2) is 0 Å². The predicted octanol–water partition coefficient (Wildman–Crippen LogP) is 5.06. The average molecular weight is 426 g/mol. The monoisotopic (exact) mass is 425 g/mol. The summed E-state index contributed by atoms with van der Waals surface area (Å²) in [6, 6.07) is 8.57. The van der Waals surface area contributed by atoms with Crippen LogP contribution >= 0.6 is 0 Å². The number of aliphatic hydroxyl groups excluding tert-OH is 1. The topological polar surface area (TPSA) is 66.8 Å². The molecule has 1 aliphatic heterocycles. The Labute approximate surface area is 182 Å². The minimum atomic E-state index is -0.972. The van der Waals surface area contributed by atoms with E-state index in [1.807, 2.05) is 13.8 Å². The Kier molecular flexibility index (Phi) is 6.78. The first kappa shape index (κ1) is 22.5. The molecule has 1 unspecified atom stereocenters. The van der Waals surface area contributed by atoms with Crippen LogP contribution in [0.5, 0.6) is 5.75 Å². The fourth-order valence-corrected chi connectivity index (χ4v) is 4.07. The number of hydrogen-bond acceptors (Lipinski definition) is 4. The molecule has 0 saturated carbocycles. The summed E-state index contributed by atoms with van der Waals surface area (Å²) in [7, 11) is 1.56. The van der Waals surface area contributed by atoms with Crippen LogP contribution in [0.3, 0.4) is 0 Å². The highest BCUT2D eigenvalue weighted by Gasteiger charge is 2.46. The number of ether oxygens (including phenoxy) is 1. The molecule has 5 nitrogen and oxygen atoms in total. The molecule has 0 bridgehead atoms. The van der Waals surface area contributed by atoms with E-state index in [4.69, 9.17) is 4.74 Å². The van der Waals surface area contributed by atoms with E-state index in [-0.39, 0.29) is 16.9 Å². The number of carbonyl (C=O) groups excluding carboxylic acids is 2. The van der Waals surface area contributed by atoms with Crippen molar-refractivity contribution in [2.24, 2.45) is 0 Å². The Bertz CT molecular complexity index is 1040. The first-order valence-corrected chi connectivity index (χ1v) is 10.5. The lowest BCUT2D eigenvalue weighted by Crippen LogP contribution is -2.31. The highest BCUT2D eigenvalue weighted by atomic mass is 19.1. The first-order chi connectivity index (χ1) is 14.8. The van der Waals surface area contributed by atoms with E-state index >= 15 is 0 Å². The second kappa shape index (κ2) is 9.33. The largest absolute Gasteiger partial charge is 0.507 e. The van der Waals surface area contributed by atoms with Gasteiger partial charge in [0, 0.05) is 17.7 Å². The van der Waals surface area contributed by atoms with Gasteiger partial charge in [-0.15, -0.1) is 0 Å². The minimum Gasteiger partial charge on any atom is -0.507 e. The molecule has 2 aromatic rings. The number of aliphatic hydroxyl groups is 1. The molecule has 0 spiro atoms. The zero-order valence-corrected chi connectivity index (χ0v) is 18.4. The van der Waals surface area contributed by atoms with Gasteiger partial charge in [0.25, 0.3) is 11.7 Å². The van der Waals surface area contributed by atoms with Crippen LogP contribution in [0.15, 0.2) is 42.0 Å². The van der Waals surface area contributed by atoms with E-state index in [0.29, 0.717) is 29.8 Å². The van der Waals surface area contributed by atoms with E-state index in [1.54, 1.807) is 44.4 Å². The number of unbranched alkanes of at least 4 members (excludes halogenated alkanes) is 2. The third-order valence-corrected chi connectivity index (χ3v) is 5.74. The van der Waals surface area contributed by atoms with E-state index in [1.165, 1.54) is 11.0 Å². The number of likely N-dealkylation sites (tertiary alicyclic amines) is 1. The Balaban J connectivity index is 2.20. The molecular weight excluding hydrogens is 397 g/mol. The Morgan fingerprint density at radius 3 is 2.48 bits per heavy atom. The van der Waals surface area contributed by atoms with E-state index in [2.05, 4.69) is 0 Å². The number of nitrogens with zero attached hydrogens (tertiary/aromatic N) is 1. The molecule has 2 aromatic carbocycles. The molecule has 3 rings (SSSR count). The van der Waals surface area contributed by atoms with Crippen molar-refractivity contribution >= 4 is 17.4 Å². The Hall–Kier alpha value is -3.15. The number of benzene rings is 2. The van der Waals surface area contributed by atoms with E-state index in [9.17, 15) is 19.1 Å². The summed E-state index contributed by atoms with van der Waals surface area (Å²) in [6.45, 7) is 5.96. The average Bonchev–Trinajstić information content (AvgIpc) is 3.00. The molecule has 1 amide bonds. The van der Waals surface area contributed by atoms with Gasteiger partial charge in [0.05, 0.1) is 18.7 Å². The Morgan fingerprint density at radius 1 is 1.13 bits per heavy atom. The number of rotatable bonds is 7. The molecule has 0 radical (unpaired) electrons. The van der Waals surface area contributed by atoms with Gasteiger partial charge in [-0.2, -0.15) is 0 Å². The smallest absolute Gasteiger partial charge is 0.295 e. The van der Waals surface area contributed by atoms with Gasteiger partial charge in [-0.05, 0) is 49.6 Å². The highest BCUT2D eigenvalue weighted by Crippen LogP contribution is 2.41. The fourth-order valence-electron chi connectivity index (χ4n) is 4.07. The standard InChI is InChI=1S/C25H28FNO4/c1-5-6-9-12-27-22(17-10-7-8-11-19(17)26)21(24(29)25(27)30)23(28)18-13-16(3)20(31-4)14-15(18)2/h7-8,10-11,13-14,22,28H,5-6,9,12H2,1-4H3/b23-21+. The van der Waals surface area contributed by atoms with Crippen LogP contribution in [-0.2, 0) is 9.59 Å². The van der Waals surface area contributed by atoms with E-state index < -0.39 is 23.5 Å². The van der Waals surface area contributed by atoms with Crippen molar-refractivity contribution in [3.63, 3.8) is 0 Å². The van der Waals surface area contributed by atoms with Crippen molar-refractivity contribution in [2.45, 2.75) is 46.1 Å². The summed E-state index contributed by atoms with van der Waals surface area (Å²) in [4.78, 5) is 27.3. The molecule has 0 aromatic heterocycles. The lowest BCUT2D eigenvalue weighted by Gasteiger charge is -2.25. The quantitative estimate of drug-likeness (QED) is 0.291. The number of carbonyl (C=O) groups is 2. The third kappa shape index (κ3) is 4.20. The molecular formula is C25H28FNO4. The first-order valence-electron chi connectivity index (χ1n) is 10.5. The highest BCUT2D eigenvalue weighted by molar-refractivity contribution is 6.46. The van der Waals surface area contributed by atoms with Gasteiger partial charge in [-0.3, -0.25) is 9.59 Å². The van der Waals surface area contributed by atoms with Crippen LogP contribution in [0, 0.1) is 19.7 Å². The molecule has 1 N–H and O–H groups in total. The molecule has 6 heteroatoms. The van der Waals surface area contributed by atoms with Crippen LogP contribution in [0.25, 0.3) is 5.76 Å². The van der Waals surface area contributed by atoms with Gasteiger partial charge in [-0.1, -0.05) is 38.0 Å². The molecule has 31 heavy (non-hydrogen) atoms.